The lowest BCUT2D eigenvalue weighted by Crippen LogP contribution is -1.96. The van der Waals surface area contributed by atoms with Gasteiger partial charge < -0.3 is 4.79 Å². The van der Waals surface area contributed by atoms with Crippen molar-refractivity contribution in [3.63, 3.8) is 0 Å². The molecule has 0 heterocycles. The van der Waals surface area contributed by atoms with Crippen LogP contribution < -0.4 is 0 Å². The third-order valence-corrected chi connectivity index (χ3v) is 3.60. The number of allylic oxidation sites excluding steroid dienone is 2. The average molecular weight is 335 g/mol. The maximum atomic E-state index is 9.81. The second kappa shape index (κ2) is 19.7. The fraction of sp³-hybridized carbons (Fsp3) is 0.609. The van der Waals surface area contributed by atoms with Gasteiger partial charge in [-0.1, -0.05) is 85.2 Å². The summed E-state index contributed by atoms with van der Waals surface area (Å²) in [6.07, 6.45) is 5.37. The van der Waals surface area contributed by atoms with Gasteiger partial charge in [0.25, 0.3) is 0 Å². The topological polar surface area (TPSA) is 17.1 Å². The first-order valence-corrected chi connectivity index (χ1v) is 9.66. The van der Waals surface area contributed by atoms with Crippen molar-refractivity contribution < 1.29 is 4.79 Å². The van der Waals surface area contributed by atoms with E-state index in [1.165, 1.54) is 29.5 Å². The van der Waals surface area contributed by atoms with Gasteiger partial charge in [-0.15, -0.1) is 0 Å². The van der Waals surface area contributed by atoms with Crippen LogP contribution in [0.25, 0.3) is 5.57 Å². The van der Waals surface area contributed by atoms with Gasteiger partial charge in [-0.3, -0.25) is 0 Å². The fourth-order valence-electron chi connectivity index (χ4n) is 1.84. The summed E-state index contributed by atoms with van der Waals surface area (Å²) in [5.41, 5.74) is 4.29. The summed E-state index contributed by atoms with van der Waals surface area (Å²) < 4.78 is 0. The van der Waals surface area contributed by atoms with Crippen LogP contribution in [0, 0.1) is 12.8 Å². The molecule has 0 fully saturated rings. The number of carbonyl (C=O) groups excluding carboxylic acids is 1. The van der Waals surface area contributed by atoms with E-state index in [0.717, 1.165) is 5.92 Å². The Balaban J connectivity index is -0.000000413. The van der Waals surface area contributed by atoms with Crippen molar-refractivity contribution in [1.29, 1.82) is 0 Å². The maximum absolute atomic E-state index is 9.81. The molecule has 0 N–H and O–H groups in total. The van der Waals surface area contributed by atoms with Crippen LogP contribution in [0.15, 0.2) is 30.3 Å². The van der Waals surface area contributed by atoms with Gasteiger partial charge >= 0.3 is 0 Å². The molecular weight excluding hydrogens is 292 g/mol. The van der Waals surface area contributed by atoms with Crippen LogP contribution in [0.5, 0.6) is 0 Å². The van der Waals surface area contributed by atoms with Gasteiger partial charge in [0.2, 0.25) is 0 Å². The van der Waals surface area contributed by atoms with Crippen molar-refractivity contribution in [2.45, 2.75) is 88.5 Å². The fourth-order valence-corrected chi connectivity index (χ4v) is 1.84. The minimum Gasteiger partial charge on any atom is -0.300 e. The second-order valence-corrected chi connectivity index (χ2v) is 5.40. The molecule has 1 atom stereocenters. The van der Waals surface area contributed by atoms with E-state index in [9.17, 15) is 4.79 Å². The summed E-state index contributed by atoms with van der Waals surface area (Å²) >= 11 is 0. The Morgan fingerprint density at radius 1 is 1.08 bits per heavy atom. The molecule has 0 aromatic heterocycles. The van der Waals surface area contributed by atoms with Crippen LogP contribution in [0.4, 0.5) is 0 Å². The molecule has 24 heavy (non-hydrogen) atoms. The van der Waals surface area contributed by atoms with Crippen molar-refractivity contribution in [3.05, 3.63) is 41.5 Å². The SMILES string of the molecule is C/C=C(/C[C@H](C)CC)c1ccccc1C.CC.CC.CCC(C)=O. The molecule has 0 spiro atoms. The molecule has 0 amide bonds. The van der Waals surface area contributed by atoms with Crippen LogP contribution in [0.1, 0.15) is 92.7 Å². The zero-order chi connectivity index (χ0) is 19.5. The molecule has 0 radical (unpaired) electrons. The van der Waals surface area contributed by atoms with Crippen LogP contribution in [-0.4, -0.2) is 5.78 Å². The molecule has 1 aromatic carbocycles. The third kappa shape index (κ3) is 14.2. The lowest BCUT2D eigenvalue weighted by Gasteiger charge is -2.14. The number of carbonyl (C=O) groups is 1. The van der Waals surface area contributed by atoms with Crippen molar-refractivity contribution in [3.8, 4) is 0 Å². The van der Waals surface area contributed by atoms with Crippen LogP contribution in [0.3, 0.4) is 0 Å². The number of hydrogen-bond acceptors (Lipinski definition) is 1. The van der Waals surface area contributed by atoms with Gasteiger partial charge in [0.05, 0.1) is 0 Å². The lowest BCUT2D eigenvalue weighted by atomic mass is 9.91. The van der Waals surface area contributed by atoms with E-state index >= 15 is 0 Å². The average Bonchev–Trinajstić information content (AvgIpc) is 2.64. The molecule has 0 unspecified atom stereocenters. The Labute approximate surface area is 152 Å². The normalized spacial score (nSPS) is 10.8. The number of benzene rings is 1. The van der Waals surface area contributed by atoms with Crippen LogP contribution in [-0.2, 0) is 4.79 Å². The predicted molar refractivity (Wildman–Crippen MR) is 113 cm³/mol. The highest BCUT2D eigenvalue weighted by atomic mass is 16.1. The molecule has 0 saturated heterocycles. The van der Waals surface area contributed by atoms with Crippen molar-refractivity contribution >= 4 is 11.4 Å². The van der Waals surface area contributed by atoms with Gasteiger partial charge in [0, 0.05) is 6.42 Å². The minimum absolute atomic E-state index is 0.255. The van der Waals surface area contributed by atoms with E-state index in [0.29, 0.717) is 6.42 Å². The lowest BCUT2D eigenvalue weighted by molar-refractivity contribution is -0.116. The minimum atomic E-state index is 0.255. The van der Waals surface area contributed by atoms with Crippen LogP contribution in [0.2, 0.25) is 0 Å². The Morgan fingerprint density at radius 2 is 1.54 bits per heavy atom. The zero-order valence-electron chi connectivity index (χ0n) is 18.0. The molecule has 1 nitrogen and oxygen atoms in total. The molecule has 1 heteroatoms. The van der Waals surface area contributed by atoms with E-state index < -0.39 is 0 Å². The quantitative estimate of drug-likeness (QED) is 0.535. The van der Waals surface area contributed by atoms with Crippen molar-refractivity contribution in [1.82, 2.24) is 0 Å². The van der Waals surface area contributed by atoms with E-state index in [4.69, 9.17) is 0 Å². The molecule has 0 bridgehead atoms. The molecule has 0 aliphatic carbocycles. The van der Waals surface area contributed by atoms with Gasteiger partial charge in [-0.25, -0.2) is 0 Å². The van der Waals surface area contributed by atoms with Gasteiger partial charge in [-0.05, 0) is 49.8 Å². The highest BCUT2D eigenvalue weighted by Crippen LogP contribution is 2.26. The summed E-state index contributed by atoms with van der Waals surface area (Å²) in [7, 11) is 0. The number of hydrogen-bond donors (Lipinski definition) is 0. The summed E-state index contributed by atoms with van der Waals surface area (Å²) in [5.74, 6) is 1.03. The standard InChI is InChI=1S/C15H22.C4H8O.2C2H6/c1-5-12(3)11-14(6-2)15-10-8-7-9-13(15)4;1-3-4(2)5;2*1-2/h6-10,12H,5,11H2,1-4H3;3H2,1-2H3;2*1-2H3/b14-6-;;;/t12-;;;/m1.../s1. The molecule has 140 valence electrons. The van der Waals surface area contributed by atoms with Gasteiger partial charge in [-0.2, -0.15) is 0 Å². The Morgan fingerprint density at radius 3 is 1.88 bits per heavy atom. The molecule has 0 saturated carbocycles. The first-order valence-electron chi connectivity index (χ1n) is 9.66. The first-order chi connectivity index (χ1) is 11.5. The van der Waals surface area contributed by atoms with E-state index in [-0.39, 0.29) is 5.78 Å². The predicted octanol–water partition coefficient (Wildman–Crippen LogP) is 7.87. The Hall–Kier alpha value is -1.37. The molecule has 0 aliphatic rings. The van der Waals surface area contributed by atoms with Gasteiger partial charge in [0.15, 0.2) is 0 Å². The van der Waals surface area contributed by atoms with E-state index in [2.05, 4.69) is 58.0 Å². The van der Waals surface area contributed by atoms with Gasteiger partial charge in [0.1, 0.15) is 5.78 Å². The number of aryl methyl sites for hydroxylation is 1. The number of ketones is 1. The molecule has 1 aromatic rings. The van der Waals surface area contributed by atoms with Crippen molar-refractivity contribution in [2.24, 2.45) is 5.92 Å². The third-order valence-electron chi connectivity index (χ3n) is 3.60. The van der Waals surface area contributed by atoms with Crippen LogP contribution >= 0.6 is 0 Å². The summed E-state index contributed by atoms with van der Waals surface area (Å²) in [6.45, 7) is 20.3. The largest absolute Gasteiger partial charge is 0.300 e. The number of rotatable bonds is 5. The Kier molecular flexibility index (Phi) is 22.5. The zero-order valence-corrected chi connectivity index (χ0v) is 18.0. The summed E-state index contributed by atoms with van der Waals surface area (Å²) in [6, 6.07) is 8.65. The summed E-state index contributed by atoms with van der Waals surface area (Å²) in [5, 5.41) is 0. The molecule has 1 rings (SSSR count). The highest BCUT2D eigenvalue weighted by molar-refractivity contribution is 5.74. The van der Waals surface area contributed by atoms with E-state index in [1.54, 1.807) is 6.92 Å². The highest BCUT2D eigenvalue weighted by Gasteiger charge is 2.07. The summed E-state index contributed by atoms with van der Waals surface area (Å²) in [4.78, 5) is 9.81. The van der Waals surface area contributed by atoms with Crippen molar-refractivity contribution in [2.75, 3.05) is 0 Å². The van der Waals surface area contributed by atoms with E-state index in [1.807, 2.05) is 34.6 Å². The second-order valence-electron chi connectivity index (χ2n) is 5.40. The monoisotopic (exact) mass is 334 g/mol. The smallest absolute Gasteiger partial charge is 0.129 e. The Bertz CT molecular complexity index is 429. The molecule has 0 aliphatic heterocycles. The maximum Gasteiger partial charge on any atom is 0.129 e. The molecular formula is C23H42O. The first kappa shape index (κ1) is 27.5. The number of Topliss-reactive ketones (excluding diaryl/α,β-unsaturated/α-hetero) is 1.